The van der Waals surface area contributed by atoms with Crippen molar-refractivity contribution in [2.24, 2.45) is 11.8 Å². The molecule has 0 radical (unpaired) electrons. The Balaban J connectivity index is 1.64. The van der Waals surface area contributed by atoms with Crippen LogP contribution in [0.1, 0.15) is 65.6 Å². The number of aryl methyl sites for hydroxylation is 1. The average Bonchev–Trinajstić information content (AvgIpc) is 2.98. The monoisotopic (exact) mass is 595 g/mol. The zero-order chi connectivity index (χ0) is 31.9. The smallest absolute Gasteiger partial charge is 0.325 e. The summed E-state index contributed by atoms with van der Waals surface area (Å²) in [6, 6.07) is 6.43. The molecule has 0 bridgehead atoms. The fourth-order valence-electron chi connectivity index (χ4n) is 5.05. The molecule has 43 heavy (non-hydrogen) atoms. The molecule has 3 amide bonds. The number of nitrogens with zero attached hydrogens (tertiary/aromatic N) is 2. The van der Waals surface area contributed by atoms with Crippen molar-refractivity contribution in [2.45, 2.75) is 84.5 Å². The Bertz CT molecular complexity index is 1360. The van der Waals surface area contributed by atoms with E-state index in [-0.39, 0.29) is 11.8 Å². The first kappa shape index (κ1) is 33.7. The zero-order valence-corrected chi connectivity index (χ0v) is 26.1. The molecule has 4 N–H and O–H groups in total. The van der Waals surface area contributed by atoms with Gasteiger partial charge < -0.3 is 20.5 Å². The van der Waals surface area contributed by atoms with Gasteiger partial charge in [0.05, 0.1) is 17.7 Å². The van der Waals surface area contributed by atoms with Crippen molar-refractivity contribution < 1.29 is 29.0 Å². The summed E-state index contributed by atoms with van der Waals surface area (Å²) in [7, 11) is 1.52. The molecule has 1 aromatic carbocycles. The first-order valence-corrected chi connectivity index (χ1v) is 14.8. The minimum absolute atomic E-state index is 0.270. The Morgan fingerprint density at radius 1 is 1.12 bits per heavy atom. The second-order valence-corrected chi connectivity index (χ2v) is 11.8. The maximum absolute atomic E-state index is 13.3. The lowest BCUT2D eigenvalue weighted by Gasteiger charge is -2.39. The number of aromatic nitrogens is 1. The number of pyridine rings is 1. The number of ether oxygens (including phenoxy) is 1. The van der Waals surface area contributed by atoms with Gasteiger partial charge in [-0.05, 0) is 62.1 Å². The highest BCUT2D eigenvalue weighted by Gasteiger charge is 2.40. The van der Waals surface area contributed by atoms with E-state index in [0.29, 0.717) is 19.4 Å². The summed E-state index contributed by atoms with van der Waals surface area (Å²) < 4.78 is 5.60. The lowest BCUT2D eigenvalue weighted by Crippen LogP contribution is -2.65. The third-order valence-electron chi connectivity index (χ3n) is 8.01. The van der Waals surface area contributed by atoms with E-state index in [1.807, 2.05) is 18.3 Å². The molecular formula is C32H45N5O6. The number of hydrogen-bond acceptors (Lipinski definition) is 7. The third kappa shape index (κ3) is 8.39. The summed E-state index contributed by atoms with van der Waals surface area (Å²) >= 11 is 0. The Hall–Kier alpha value is -3.83. The Kier molecular flexibility index (Phi) is 11.4. The first-order valence-electron chi connectivity index (χ1n) is 14.8. The molecule has 2 heterocycles. The summed E-state index contributed by atoms with van der Waals surface area (Å²) in [4.78, 5) is 55.6. The van der Waals surface area contributed by atoms with Crippen LogP contribution in [-0.2, 0) is 30.3 Å². The predicted molar refractivity (Wildman–Crippen MR) is 165 cm³/mol. The van der Waals surface area contributed by atoms with Crippen molar-refractivity contribution >= 4 is 40.5 Å². The summed E-state index contributed by atoms with van der Waals surface area (Å²) in [5.74, 6) is -3.30. The minimum atomic E-state index is -1.27. The van der Waals surface area contributed by atoms with Gasteiger partial charge in [0.1, 0.15) is 17.6 Å². The van der Waals surface area contributed by atoms with Gasteiger partial charge >= 0.3 is 5.97 Å². The van der Waals surface area contributed by atoms with Crippen molar-refractivity contribution in [3.8, 4) is 0 Å². The molecule has 1 aliphatic rings. The van der Waals surface area contributed by atoms with Crippen molar-refractivity contribution in [1.29, 1.82) is 0 Å². The molecule has 1 aliphatic heterocycles. The van der Waals surface area contributed by atoms with E-state index in [0.717, 1.165) is 22.9 Å². The first-order chi connectivity index (χ1) is 20.3. The quantitative estimate of drug-likeness (QED) is 0.292. The second-order valence-electron chi connectivity index (χ2n) is 11.8. The van der Waals surface area contributed by atoms with Crippen LogP contribution in [0.3, 0.4) is 0 Å². The summed E-state index contributed by atoms with van der Waals surface area (Å²) in [6.45, 7) is 10.8. The van der Waals surface area contributed by atoms with Gasteiger partial charge in [0.15, 0.2) is 0 Å². The molecule has 1 saturated heterocycles. The number of carbonyl (C=O) groups excluding carboxylic acids is 3. The average molecular weight is 596 g/mol. The largest absolute Gasteiger partial charge is 0.480 e. The highest BCUT2D eigenvalue weighted by atomic mass is 16.5. The molecule has 1 unspecified atom stereocenters. The summed E-state index contributed by atoms with van der Waals surface area (Å²) in [5, 5.41) is 18.4. The van der Waals surface area contributed by atoms with E-state index in [4.69, 9.17) is 4.74 Å². The molecule has 234 valence electrons. The molecule has 0 saturated carbocycles. The van der Waals surface area contributed by atoms with Crippen LogP contribution in [0.4, 0.5) is 0 Å². The van der Waals surface area contributed by atoms with Crippen LogP contribution >= 0.6 is 0 Å². The standard InChI is InChI=1S/C32H45N5O6/c1-8-22-10-11-23-18-33-25(17-24(23)16-22)12-13-26(43-7)20(4)28(38)35-27(19(2)3)29(39)34-21(5)30(40)37-15-9-14-32(6,36-37)31(41)42/h10-13,16-21,26-27,36H,8-9,14-15H2,1-7H3,(H,34,39)(H,35,38)(H,41,42)/b13-12+/t20-,21+,26-,27?,32+/m1/s1. The van der Waals surface area contributed by atoms with Crippen LogP contribution in [0.15, 0.2) is 36.5 Å². The SMILES string of the molecule is CCc1ccc2cnc(/C=C/[C@@H](OC)[C@@H](C)C(=O)NC(C(=O)N[C@@H](C)C(=O)N3CCC[C@@](C)(C(=O)O)N3)C(C)C)cc2c1. The molecule has 3 rings (SSSR count). The number of hydrogen-bond donors (Lipinski definition) is 4. The number of benzene rings is 1. The van der Waals surface area contributed by atoms with Crippen LogP contribution in [0.5, 0.6) is 0 Å². The molecule has 5 atom stereocenters. The van der Waals surface area contributed by atoms with Crippen LogP contribution in [0.25, 0.3) is 16.8 Å². The molecule has 11 nitrogen and oxygen atoms in total. The third-order valence-corrected chi connectivity index (χ3v) is 8.01. The number of aliphatic carboxylic acids is 1. The maximum Gasteiger partial charge on any atom is 0.325 e. The number of rotatable bonds is 12. The number of carbonyl (C=O) groups is 4. The maximum atomic E-state index is 13.3. The van der Waals surface area contributed by atoms with Gasteiger partial charge in [0.2, 0.25) is 11.8 Å². The number of hydrazine groups is 1. The van der Waals surface area contributed by atoms with Crippen LogP contribution in [0, 0.1) is 11.8 Å². The highest BCUT2D eigenvalue weighted by Crippen LogP contribution is 2.20. The minimum Gasteiger partial charge on any atom is -0.480 e. The number of amides is 3. The van der Waals surface area contributed by atoms with E-state index in [1.165, 1.54) is 31.5 Å². The highest BCUT2D eigenvalue weighted by molar-refractivity contribution is 5.93. The van der Waals surface area contributed by atoms with Gasteiger partial charge in [-0.3, -0.25) is 29.2 Å². The lowest BCUT2D eigenvalue weighted by molar-refractivity contribution is -0.154. The van der Waals surface area contributed by atoms with Crippen molar-refractivity contribution in [2.75, 3.05) is 13.7 Å². The fraction of sp³-hybridized carbons (Fsp3) is 0.531. The number of fused-ring (bicyclic) bond motifs is 1. The molecule has 0 aliphatic carbocycles. The van der Waals surface area contributed by atoms with Crippen LogP contribution in [0.2, 0.25) is 0 Å². The van der Waals surface area contributed by atoms with Gasteiger partial charge in [0.25, 0.3) is 5.91 Å². The van der Waals surface area contributed by atoms with E-state index in [1.54, 1.807) is 26.8 Å². The van der Waals surface area contributed by atoms with Gasteiger partial charge in [-0.1, -0.05) is 52.0 Å². The molecular weight excluding hydrogens is 550 g/mol. The Labute approximate surface area is 253 Å². The predicted octanol–water partition coefficient (Wildman–Crippen LogP) is 3.08. The van der Waals surface area contributed by atoms with E-state index >= 15 is 0 Å². The molecule has 0 spiro atoms. The van der Waals surface area contributed by atoms with Crippen molar-refractivity contribution in [3.05, 3.63) is 47.8 Å². The lowest BCUT2D eigenvalue weighted by atomic mass is 9.94. The molecule has 1 fully saturated rings. The van der Waals surface area contributed by atoms with Crippen molar-refractivity contribution in [3.63, 3.8) is 0 Å². The van der Waals surface area contributed by atoms with Gasteiger partial charge in [-0.15, -0.1) is 0 Å². The fourth-order valence-corrected chi connectivity index (χ4v) is 5.05. The molecule has 2 aromatic rings. The zero-order valence-electron chi connectivity index (χ0n) is 26.1. The normalized spacial score (nSPS) is 20.0. The van der Waals surface area contributed by atoms with E-state index in [9.17, 15) is 24.3 Å². The van der Waals surface area contributed by atoms with Gasteiger partial charge in [-0.25, -0.2) is 5.43 Å². The molecule has 1 aromatic heterocycles. The van der Waals surface area contributed by atoms with Gasteiger partial charge in [0, 0.05) is 25.2 Å². The molecule has 11 heteroatoms. The van der Waals surface area contributed by atoms with E-state index in [2.05, 4.69) is 46.2 Å². The van der Waals surface area contributed by atoms with Crippen LogP contribution < -0.4 is 16.1 Å². The van der Waals surface area contributed by atoms with Crippen molar-refractivity contribution in [1.82, 2.24) is 26.1 Å². The number of carboxylic acid groups (broad SMARTS) is 1. The topological polar surface area (TPSA) is 150 Å². The van der Waals surface area contributed by atoms with Crippen LogP contribution in [-0.4, -0.2) is 76.2 Å². The Morgan fingerprint density at radius 2 is 1.84 bits per heavy atom. The van der Waals surface area contributed by atoms with E-state index < -0.39 is 47.4 Å². The summed E-state index contributed by atoms with van der Waals surface area (Å²) in [6.07, 6.45) is 6.66. The Morgan fingerprint density at radius 3 is 2.47 bits per heavy atom. The summed E-state index contributed by atoms with van der Waals surface area (Å²) in [5.41, 5.74) is 3.48. The number of carboxylic acids is 1. The van der Waals surface area contributed by atoms with Gasteiger partial charge in [-0.2, -0.15) is 0 Å². The number of methoxy groups -OCH3 is 1. The second kappa shape index (κ2) is 14.6. The number of nitrogens with one attached hydrogen (secondary N) is 3.